The molecule has 0 heterocycles. The first-order valence-electron chi connectivity index (χ1n) is 8.15. The highest BCUT2D eigenvalue weighted by atomic mass is 19.4. The number of esters is 1. The SMILES string of the molecule is C=COC(=O)C(F)(F)C(F)(F)C(F)(F)C(F)(F)C(F)(F)C(F)(F)C(F)(F)C(F)(F)C(F)(F)C(F)(F)C(F)(F)F. The highest BCUT2D eigenvalue weighted by Crippen LogP contribution is 2.67. The molecule has 0 atom stereocenters. The molecule has 39 heavy (non-hydrogen) atoms. The van der Waals surface area contributed by atoms with Crippen LogP contribution in [0.2, 0.25) is 0 Å². The summed E-state index contributed by atoms with van der Waals surface area (Å²) in [4.78, 5) is 10.6. The zero-order chi connectivity index (χ0) is 32.5. The molecule has 0 aliphatic heterocycles. The molecule has 0 saturated heterocycles. The minimum atomic E-state index is -9.49. The molecule has 0 aromatic heterocycles. The van der Waals surface area contributed by atoms with Crippen LogP contribution in [0.15, 0.2) is 12.8 Å². The van der Waals surface area contributed by atoms with Gasteiger partial charge in [-0.15, -0.1) is 0 Å². The topological polar surface area (TPSA) is 26.3 Å². The van der Waals surface area contributed by atoms with Gasteiger partial charge in [0.05, 0.1) is 6.26 Å². The molecule has 0 aromatic carbocycles. The summed E-state index contributed by atoms with van der Waals surface area (Å²) in [6, 6.07) is 0. The average molecular weight is 640 g/mol. The van der Waals surface area contributed by atoms with Crippen LogP contribution in [-0.4, -0.2) is 71.4 Å². The molecular formula is C14H3F23O2. The van der Waals surface area contributed by atoms with Crippen molar-refractivity contribution in [2.45, 2.75) is 65.4 Å². The summed E-state index contributed by atoms with van der Waals surface area (Å²) in [5, 5.41) is 0. The Hall–Kier alpha value is -2.40. The van der Waals surface area contributed by atoms with Crippen LogP contribution < -0.4 is 0 Å². The van der Waals surface area contributed by atoms with E-state index in [1.165, 1.54) is 0 Å². The zero-order valence-electron chi connectivity index (χ0n) is 16.8. The number of hydrogen-bond acceptors (Lipinski definition) is 2. The molecule has 0 spiro atoms. The molecule has 0 aromatic rings. The third-order valence-corrected chi connectivity index (χ3v) is 4.35. The molecule has 0 aliphatic rings. The first kappa shape index (κ1) is 36.6. The summed E-state index contributed by atoms with van der Waals surface area (Å²) in [5.74, 6) is -93.7. The van der Waals surface area contributed by atoms with Gasteiger partial charge in [0.2, 0.25) is 0 Å². The number of hydrogen-bond donors (Lipinski definition) is 0. The number of rotatable bonds is 11. The van der Waals surface area contributed by atoms with E-state index >= 15 is 0 Å². The van der Waals surface area contributed by atoms with E-state index in [9.17, 15) is 106 Å². The van der Waals surface area contributed by atoms with E-state index in [1.807, 2.05) is 0 Å². The summed E-state index contributed by atoms with van der Waals surface area (Å²) in [6.45, 7) is 2.17. The lowest BCUT2D eigenvalue weighted by Gasteiger charge is -2.44. The molecule has 0 aliphatic carbocycles. The van der Waals surface area contributed by atoms with Crippen LogP contribution >= 0.6 is 0 Å². The summed E-state index contributed by atoms with van der Waals surface area (Å²) < 4.78 is 305. The van der Waals surface area contributed by atoms with Gasteiger partial charge in [-0.05, 0) is 0 Å². The lowest BCUT2D eigenvalue weighted by molar-refractivity contribution is -0.477. The van der Waals surface area contributed by atoms with Crippen LogP contribution in [0, 0.1) is 0 Å². The van der Waals surface area contributed by atoms with E-state index in [2.05, 4.69) is 11.3 Å². The Bertz CT molecular complexity index is 941. The Morgan fingerprint density at radius 1 is 0.410 bits per heavy atom. The third kappa shape index (κ3) is 4.31. The molecule has 0 fully saturated rings. The Labute approximate surface area is 196 Å². The van der Waals surface area contributed by atoms with Gasteiger partial charge in [0.25, 0.3) is 0 Å². The second-order valence-electron chi connectivity index (χ2n) is 6.81. The first-order valence-corrected chi connectivity index (χ1v) is 8.15. The number of halogens is 23. The van der Waals surface area contributed by atoms with Gasteiger partial charge in [-0.25, -0.2) is 4.79 Å². The Balaban J connectivity index is 7.25. The van der Waals surface area contributed by atoms with Crippen molar-refractivity contribution in [2.75, 3.05) is 0 Å². The number of carbonyl (C=O) groups excluding carboxylic acids is 1. The van der Waals surface area contributed by atoms with Crippen LogP contribution in [-0.2, 0) is 9.53 Å². The largest absolute Gasteiger partial charge is 0.460 e. The maximum absolute atomic E-state index is 13.5. The lowest BCUT2D eigenvalue weighted by Crippen LogP contribution is -2.78. The van der Waals surface area contributed by atoms with Crippen LogP contribution in [0.5, 0.6) is 0 Å². The maximum Gasteiger partial charge on any atom is 0.460 e. The van der Waals surface area contributed by atoms with Crippen molar-refractivity contribution in [3.05, 3.63) is 12.8 Å². The minimum Gasteiger partial charge on any atom is -0.431 e. The van der Waals surface area contributed by atoms with Gasteiger partial charge in [0.1, 0.15) is 0 Å². The van der Waals surface area contributed by atoms with Crippen molar-refractivity contribution in [1.29, 1.82) is 0 Å². The highest BCUT2D eigenvalue weighted by Gasteiger charge is 2.99. The van der Waals surface area contributed by atoms with Crippen LogP contribution in [0.4, 0.5) is 101 Å². The molecule has 0 radical (unpaired) electrons. The van der Waals surface area contributed by atoms with E-state index in [4.69, 9.17) is 0 Å². The van der Waals surface area contributed by atoms with E-state index < -0.39 is 77.6 Å². The van der Waals surface area contributed by atoms with Gasteiger partial charge in [0, 0.05) is 0 Å². The molecule has 0 N–H and O–H groups in total. The molecule has 0 unspecified atom stereocenters. The molecule has 2 nitrogen and oxygen atoms in total. The van der Waals surface area contributed by atoms with Gasteiger partial charge in [-0.3, -0.25) is 0 Å². The average Bonchev–Trinajstić information content (AvgIpc) is 2.71. The van der Waals surface area contributed by atoms with Crippen LogP contribution in [0.1, 0.15) is 0 Å². The molecule has 232 valence electrons. The summed E-state index contributed by atoms with van der Waals surface area (Å²) in [6.07, 6.45) is -8.77. The maximum atomic E-state index is 13.5. The molecular weight excluding hydrogens is 637 g/mol. The van der Waals surface area contributed by atoms with Gasteiger partial charge in [0.15, 0.2) is 0 Å². The molecule has 0 amide bonds. The third-order valence-electron chi connectivity index (χ3n) is 4.35. The first-order chi connectivity index (χ1) is 16.5. The van der Waals surface area contributed by atoms with Gasteiger partial charge in [-0.2, -0.15) is 101 Å². The van der Waals surface area contributed by atoms with Crippen LogP contribution in [0.25, 0.3) is 0 Å². The fourth-order valence-electron chi connectivity index (χ4n) is 2.03. The fourth-order valence-corrected chi connectivity index (χ4v) is 2.03. The monoisotopic (exact) mass is 640 g/mol. The summed E-state index contributed by atoms with van der Waals surface area (Å²) in [5.41, 5.74) is 0. The molecule has 0 bridgehead atoms. The second kappa shape index (κ2) is 9.06. The predicted octanol–water partition coefficient (Wildman–Crippen LogP) is 7.59. The van der Waals surface area contributed by atoms with E-state index in [1.54, 1.807) is 0 Å². The van der Waals surface area contributed by atoms with Crippen molar-refractivity contribution < 1.29 is 111 Å². The van der Waals surface area contributed by atoms with Gasteiger partial charge in [-0.1, -0.05) is 6.58 Å². The lowest BCUT2D eigenvalue weighted by atomic mass is 9.85. The van der Waals surface area contributed by atoms with E-state index in [0.29, 0.717) is 0 Å². The number of alkyl halides is 23. The zero-order valence-corrected chi connectivity index (χ0v) is 16.8. The van der Waals surface area contributed by atoms with Crippen molar-refractivity contribution in [3.63, 3.8) is 0 Å². The van der Waals surface area contributed by atoms with Gasteiger partial charge < -0.3 is 4.74 Å². The Morgan fingerprint density at radius 2 is 0.615 bits per heavy atom. The standard InChI is InChI=1S/C14H3F23O2/c1-2-39-3(38)4(15,16)5(17,18)6(19,20)7(21,22)8(23,24)9(25,26)10(27,28)11(29,30)12(31,32)13(33,34)14(35,36)37/h2H,1H2. The number of carbonyl (C=O) groups is 1. The Morgan fingerprint density at radius 3 is 0.821 bits per heavy atom. The van der Waals surface area contributed by atoms with Crippen molar-refractivity contribution in [2.24, 2.45) is 0 Å². The fraction of sp³-hybridized carbons (Fsp3) is 0.786. The Kier molecular flexibility index (Phi) is 8.50. The summed E-state index contributed by atoms with van der Waals surface area (Å²) >= 11 is 0. The summed E-state index contributed by atoms with van der Waals surface area (Å²) in [7, 11) is 0. The van der Waals surface area contributed by atoms with Crippen molar-refractivity contribution >= 4 is 5.97 Å². The highest BCUT2D eigenvalue weighted by molar-refractivity contribution is 5.79. The quantitative estimate of drug-likeness (QED) is 0.132. The normalized spacial score (nSPS) is 16.3. The number of ether oxygens (including phenoxy) is 1. The molecule has 25 heteroatoms. The van der Waals surface area contributed by atoms with Crippen molar-refractivity contribution in [1.82, 2.24) is 0 Å². The smallest absolute Gasteiger partial charge is 0.431 e. The van der Waals surface area contributed by atoms with E-state index in [-0.39, 0.29) is 0 Å². The van der Waals surface area contributed by atoms with Gasteiger partial charge >= 0.3 is 71.4 Å². The predicted molar refractivity (Wildman–Crippen MR) is 71.8 cm³/mol. The van der Waals surface area contributed by atoms with E-state index in [0.717, 1.165) is 0 Å². The van der Waals surface area contributed by atoms with Crippen LogP contribution in [0.3, 0.4) is 0 Å². The second-order valence-corrected chi connectivity index (χ2v) is 6.81. The van der Waals surface area contributed by atoms with Crippen molar-refractivity contribution in [3.8, 4) is 0 Å². The molecule has 0 rings (SSSR count). The molecule has 0 saturated carbocycles. The minimum absolute atomic E-state index is 0.648.